The van der Waals surface area contributed by atoms with Gasteiger partial charge in [-0.15, -0.1) is 11.8 Å². The van der Waals surface area contributed by atoms with Gasteiger partial charge in [0.1, 0.15) is 5.54 Å². The molecule has 0 unspecified atom stereocenters. The number of esters is 1. The largest absolute Gasteiger partial charge is 0.444 e. The van der Waals surface area contributed by atoms with Crippen LogP contribution in [-0.4, -0.2) is 53.1 Å². The Morgan fingerprint density at radius 3 is 2.39 bits per heavy atom. The lowest BCUT2D eigenvalue weighted by Gasteiger charge is -2.24. The third kappa shape index (κ3) is 5.03. The molecule has 172 valence electrons. The lowest BCUT2D eigenvalue weighted by Crippen LogP contribution is -2.46. The van der Waals surface area contributed by atoms with Gasteiger partial charge in [-0.1, -0.05) is 42.5 Å². The Labute approximate surface area is 196 Å². The molecule has 2 atom stereocenters. The normalized spacial score (nSPS) is 20.8. The highest BCUT2D eigenvalue weighted by molar-refractivity contribution is 7.99. The summed E-state index contributed by atoms with van der Waals surface area (Å²) in [5.41, 5.74) is -0.173. The number of nitrogens with one attached hydrogen (secondary N) is 2. The number of amides is 4. The number of urea groups is 1. The van der Waals surface area contributed by atoms with Crippen molar-refractivity contribution >= 4 is 35.6 Å². The van der Waals surface area contributed by atoms with Gasteiger partial charge >= 0.3 is 12.0 Å². The van der Waals surface area contributed by atoms with Crippen LogP contribution in [0.2, 0.25) is 0 Å². The van der Waals surface area contributed by atoms with Crippen molar-refractivity contribution in [3.05, 3.63) is 65.7 Å². The maximum Gasteiger partial charge on any atom is 0.340 e. The summed E-state index contributed by atoms with van der Waals surface area (Å²) in [6, 6.07) is 15.3. The molecule has 2 heterocycles. The molecule has 0 bridgehead atoms. The fourth-order valence-electron chi connectivity index (χ4n) is 3.83. The number of benzene rings is 2. The van der Waals surface area contributed by atoms with Crippen molar-refractivity contribution in [1.82, 2.24) is 15.5 Å². The Hall–Kier alpha value is -3.33. The van der Waals surface area contributed by atoms with Crippen LogP contribution in [0.15, 0.2) is 59.5 Å². The summed E-state index contributed by atoms with van der Waals surface area (Å²) < 4.78 is 5.78. The number of hydrogen-bond donors (Lipinski definition) is 2. The first-order valence-electron chi connectivity index (χ1n) is 10.8. The van der Waals surface area contributed by atoms with Gasteiger partial charge in [-0.25, -0.2) is 9.59 Å². The average Bonchev–Trinajstić information content (AvgIpc) is 3.44. The van der Waals surface area contributed by atoms with Crippen molar-refractivity contribution in [2.75, 3.05) is 18.8 Å². The molecular weight excluding hydrogens is 442 g/mol. The Kier molecular flexibility index (Phi) is 6.69. The lowest BCUT2D eigenvalue weighted by molar-refractivity contribution is -0.140. The minimum Gasteiger partial charge on any atom is -0.444 e. The van der Waals surface area contributed by atoms with Crippen LogP contribution in [0.5, 0.6) is 0 Å². The maximum absolute atomic E-state index is 13.2. The van der Waals surface area contributed by atoms with Gasteiger partial charge in [0.05, 0.1) is 5.56 Å². The number of ether oxygens (including phenoxy) is 1. The van der Waals surface area contributed by atoms with Gasteiger partial charge in [-0.05, 0) is 31.9 Å². The Morgan fingerprint density at radius 1 is 1.06 bits per heavy atom. The highest BCUT2D eigenvalue weighted by atomic mass is 32.2. The van der Waals surface area contributed by atoms with Crippen LogP contribution in [0.4, 0.5) is 4.79 Å². The van der Waals surface area contributed by atoms with E-state index in [0.717, 1.165) is 12.8 Å². The number of carbonyl (C=O) groups excluding carboxylic acids is 4. The molecule has 9 heteroatoms. The van der Waals surface area contributed by atoms with E-state index in [1.807, 2.05) is 6.07 Å². The second-order valence-corrected chi connectivity index (χ2v) is 9.27. The summed E-state index contributed by atoms with van der Waals surface area (Å²) >= 11 is 1.26. The van der Waals surface area contributed by atoms with Gasteiger partial charge in [0, 0.05) is 29.3 Å². The van der Waals surface area contributed by atoms with Crippen LogP contribution in [0.25, 0.3) is 0 Å². The second kappa shape index (κ2) is 9.66. The van der Waals surface area contributed by atoms with Crippen molar-refractivity contribution in [2.45, 2.75) is 36.3 Å². The zero-order valence-corrected chi connectivity index (χ0v) is 19.0. The van der Waals surface area contributed by atoms with Gasteiger partial charge in [-0.2, -0.15) is 0 Å². The maximum atomic E-state index is 13.2. The molecule has 4 rings (SSSR count). The van der Waals surface area contributed by atoms with Crippen LogP contribution >= 0.6 is 11.8 Å². The molecular formula is C24H25N3O5S. The van der Waals surface area contributed by atoms with E-state index >= 15 is 0 Å². The summed E-state index contributed by atoms with van der Waals surface area (Å²) in [5.74, 6) is -1.04. The Balaban J connectivity index is 1.53. The first-order valence-corrected chi connectivity index (χ1v) is 11.8. The molecule has 0 aliphatic carbocycles. The predicted octanol–water partition coefficient (Wildman–Crippen LogP) is 2.90. The summed E-state index contributed by atoms with van der Waals surface area (Å²) in [7, 11) is 0. The second-order valence-electron chi connectivity index (χ2n) is 8.25. The summed E-state index contributed by atoms with van der Waals surface area (Å²) in [5, 5.41) is 4.84. The van der Waals surface area contributed by atoms with Crippen molar-refractivity contribution in [2.24, 2.45) is 0 Å². The molecule has 8 nitrogen and oxygen atoms in total. The lowest BCUT2D eigenvalue weighted by atomic mass is 10.1. The smallest absolute Gasteiger partial charge is 0.340 e. The minimum absolute atomic E-state index is 0.226. The van der Waals surface area contributed by atoms with E-state index in [1.54, 1.807) is 60.4 Å². The third-order valence-corrected chi connectivity index (χ3v) is 7.10. The molecule has 2 aliphatic heterocycles. The van der Waals surface area contributed by atoms with E-state index in [4.69, 9.17) is 4.74 Å². The first-order chi connectivity index (χ1) is 15.9. The molecule has 2 aromatic rings. The highest BCUT2D eigenvalue weighted by Gasteiger charge is 2.42. The molecule has 0 aromatic heterocycles. The SMILES string of the molecule is C[C@]1(CSc2ccccc2C(=O)O[C@@H](C(=O)N2CCCC2)c2ccccc2)NC(=O)NC1=O. The average molecular weight is 468 g/mol. The van der Waals surface area contributed by atoms with Crippen LogP contribution < -0.4 is 10.6 Å². The quantitative estimate of drug-likeness (QED) is 0.369. The monoisotopic (exact) mass is 467 g/mol. The number of likely N-dealkylation sites (tertiary alicyclic amines) is 1. The number of hydrogen-bond acceptors (Lipinski definition) is 6. The molecule has 2 aromatic carbocycles. The van der Waals surface area contributed by atoms with Gasteiger partial charge in [0.2, 0.25) is 6.10 Å². The summed E-state index contributed by atoms with van der Waals surface area (Å²) in [6.07, 6.45) is 0.833. The van der Waals surface area contributed by atoms with Gasteiger partial charge in [-0.3, -0.25) is 14.9 Å². The van der Waals surface area contributed by atoms with Gasteiger partial charge in [0.15, 0.2) is 0 Å². The van der Waals surface area contributed by atoms with E-state index < -0.39 is 29.6 Å². The predicted molar refractivity (Wildman–Crippen MR) is 123 cm³/mol. The van der Waals surface area contributed by atoms with Crippen LogP contribution in [0, 0.1) is 0 Å². The highest BCUT2D eigenvalue weighted by Crippen LogP contribution is 2.30. The number of imide groups is 1. The molecule has 2 fully saturated rings. The molecule has 0 spiro atoms. The number of thioether (sulfide) groups is 1. The molecule has 2 aliphatic rings. The van der Waals surface area contributed by atoms with Crippen LogP contribution in [0.1, 0.15) is 41.8 Å². The van der Waals surface area contributed by atoms with E-state index in [-0.39, 0.29) is 11.7 Å². The fraction of sp³-hybridized carbons (Fsp3) is 0.333. The molecule has 4 amide bonds. The van der Waals surface area contributed by atoms with Gasteiger partial charge in [0.25, 0.3) is 11.8 Å². The van der Waals surface area contributed by atoms with E-state index in [1.165, 1.54) is 11.8 Å². The molecule has 2 saturated heterocycles. The number of rotatable bonds is 7. The molecule has 0 radical (unpaired) electrons. The zero-order chi connectivity index (χ0) is 23.4. The number of carbonyl (C=O) groups is 4. The van der Waals surface area contributed by atoms with Crippen molar-refractivity contribution < 1.29 is 23.9 Å². The summed E-state index contributed by atoms with van der Waals surface area (Å²) in [6.45, 7) is 2.93. The molecule has 2 N–H and O–H groups in total. The van der Waals surface area contributed by atoms with E-state index in [2.05, 4.69) is 10.6 Å². The van der Waals surface area contributed by atoms with E-state index in [9.17, 15) is 19.2 Å². The fourth-order valence-corrected chi connectivity index (χ4v) is 4.96. The standard InChI is InChI=1S/C24H25N3O5S/c1-24(22(30)25-23(31)26-24)15-33-18-12-6-5-11-17(18)21(29)32-19(16-9-3-2-4-10-16)20(28)27-13-7-8-14-27/h2-6,9-12,19H,7-8,13-15H2,1H3,(H2,25,26,30,31)/t19-,24-/m1/s1. The van der Waals surface area contributed by atoms with Crippen molar-refractivity contribution in [3.63, 3.8) is 0 Å². The topological polar surface area (TPSA) is 105 Å². The van der Waals surface area contributed by atoms with Crippen LogP contribution in [0.3, 0.4) is 0 Å². The van der Waals surface area contributed by atoms with Crippen molar-refractivity contribution in [1.29, 1.82) is 0 Å². The summed E-state index contributed by atoms with van der Waals surface area (Å²) in [4.78, 5) is 52.3. The first kappa shape index (κ1) is 22.8. The van der Waals surface area contributed by atoms with E-state index in [0.29, 0.717) is 29.1 Å². The Morgan fingerprint density at radius 2 is 1.73 bits per heavy atom. The molecule has 33 heavy (non-hydrogen) atoms. The number of nitrogens with zero attached hydrogens (tertiary/aromatic N) is 1. The zero-order valence-electron chi connectivity index (χ0n) is 18.2. The molecule has 0 saturated carbocycles. The van der Waals surface area contributed by atoms with Crippen LogP contribution in [-0.2, 0) is 14.3 Å². The Bertz CT molecular complexity index is 1070. The third-order valence-electron chi connectivity index (χ3n) is 5.71. The van der Waals surface area contributed by atoms with Crippen molar-refractivity contribution in [3.8, 4) is 0 Å². The minimum atomic E-state index is -1.09. The van der Waals surface area contributed by atoms with Gasteiger partial charge < -0.3 is 15.0 Å².